The normalized spacial score (nSPS) is 11.1. The summed E-state index contributed by atoms with van der Waals surface area (Å²) >= 11 is 0. The van der Waals surface area contributed by atoms with Crippen LogP contribution in [0.4, 0.5) is 4.39 Å². The molecule has 25 heavy (non-hydrogen) atoms. The van der Waals surface area contributed by atoms with Gasteiger partial charge in [-0.25, -0.2) is 4.39 Å². The number of benzene rings is 2. The third-order valence-electron chi connectivity index (χ3n) is 3.82. The molecule has 0 saturated carbocycles. The highest BCUT2D eigenvalue weighted by atomic mass is 19.1. The lowest BCUT2D eigenvalue weighted by atomic mass is 10.1. The number of hydrogen-bond donors (Lipinski definition) is 2. The number of nitrogens with one attached hydrogen (secondary N) is 2. The van der Waals surface area contributed by atoms with Crippen LogP contribution in [0.1, 0.15) is 11.1 Å². The Morgan fingerprint density at radius 2 is 1.88 bits per heavy atom. The van der Waals surface area contributed by atoms with Crippen LogP contribution in [-0.4, -0.2) is 17.4 Å². The predicted octanol–water partition coefficient (Wildman–Crippen LogP) is 3.04. The number of H-pyrrole nitrogens is 1. The van der Waals surface area contributed by atoms with E-state index in [1.165, 1.54) is 24.3 Å². The molecule has 3 aromatic rings. The molecule has 126 valence electrons. The number of rotatable bonds is 5. The first kappa shape index (κ1) is 16.6. The van der Waals surface area contributed by atoms with Crippen LogP contribution in [-0.2, 0) is 11.2 Å². The lowest BCUT2D eigenvalue weighted by Gasteiger charge is -2.03. The van der Waals surface area contributed by atoms with Crippen molar-refractivity contribution in [1.82, 2.24) is 10.3 Å². The van der Waals surface area contributed by atoms with Crippen molar-refractivity contribution in [1.29, 1.82) is 0 Å². The Kier molecular flexibility index (Phi) is 5.04. The highest BCUT2D eigenvalue weighted by molar-refractivity contribution is 5.92. The first-order chi connectivity index (χ1) is 12.1. The molecule has 5 heteroatoms. The summed E-state index contributed by atoms with van der Waals surface area (Å²) in [7, 11) is 0. The Balaban J connectivity index is 1.59. The summed E-state index contributed by atoms with van der Waals surface area (Å²) in [4.78, 5) is 26.7. The number of carbonyl (C=O) groups is 1. The van der Waals surface area contributed by atoms with Crippen molar-refractivity contribution >= 4 is 22.9 Å². The van der Waals surface area contributed by atoms with Gasteiger partial charge in [-0.2, -0.15) is 0 Å². The van der Waals surface area contributed by atoms with Gasteiger partial charge in [0.15, 0.2) is 0 Å². The highest BCUT2D eigenvalue weighted by Gasteiger charge is 2.01. The van der Waals surface area contributed by atoms with Crippen LogP contribution in [0.25, 0.3) is 17.0 Å². The number of para-hydroxylation sites is 1. The summed E-state index contributed by atoms with van der Waals surface area (Å²) in [6.45, 7) is 0.433. The molecule has 1 heterocycles. The van der Waals surface area contributed by atoms with Gasteiger partial charge < -0.3 is 10.3 Å². The zero-order valence-corrected chi connectivity index (χ0v) is 13.5. The number of hydrogen-bond acceptors (Lipinski definition) is 2. The second-order valence-corrected chi connectivity index (χ2v) is 5.64. The molecular weight excluding hydrogens is 319 g/mol. The second-order valence-electron chi connectivity index (χ2n) is 5.64. The van der Waals surface area contributed by atoms with E-state index in [0.29, 0.717) is 18.5 Å². The second kappa shape index (κ2) is 7.57. The third kappa shape index (κ3) is 4.41. The Hall–Kier alpha value is -3.21. The largest absolute Gasteiger partial charge is 0.352 e. The van der Waals surface area contributed by atoms with Crippen molar-refractivity contribution in [2.45, 2.75) is 6.42 Å². The molecule has 0 saturated heterocycles. The number of fused-ring (bicyclic) bond motifs is 1. The van der Waals surface area contributed by atoms with E-state index < -0.39 is 0 Å². The number of aromatic nitrogens is 1. The van der Waals surface area contributed by atoms with E-state index in [0.717, 1.165) is 16.5 Å². The summed E-state index contributed by atoms with van der Waals surface area (Å²) in [5.74, 6) is -0.564. The van der Waals surface area contributed by atoms with Gasteiger partial charge in [-0.1, -0.05) is 30.3 Å². The zero-order valence-electron chi connectivity index (χ0n) is 13.5. The first-order valence-electron chi connectivity index (χ1n) is 7.94. The van der Waals surface area contributed by atoms with Gasteiger partial charge in [-0.05, 0) is 47.7 Å². The molecule has 1 aromatic heterocycles. The standard InChI is InChI=1S/C20H17FN2O2/c21-17-8-5-14(6-9-17)11-12-22-19(24)10-7-16-13-15-3-1-2-4-18(15)23-20(16)25/h1-10,13H,11-12H2,(H,22,24)(H,23,25)/b10-7+. The van der Waals surface area contributed by atoms with Gasteiger partial charge in [0.25, 0.3) is 5.56 Å². The summed E-state index contributed by atoms with van der Waals surface area (Å²) in [6, 6.07) is 15.4. The van der Waals surface area contributed by atoms with Crippen LogP contribution < -0.4 is 10.9 Å². The van der Waals surface area contributed by atoms with Gasteiger partial charge in [0.1, 0.15) is 5.82 Å². The van der Waals surface area contributed by atoms with E-state index >= 15 is 0 Å². The molecule has 0 spiro atoms. The van der Waals surface area contributed by atoms with Gasteiger partial charge in [0.2, 0.25) is 5.91 Å². The summed E-state index contributed by atoms with van der Waals surface area (Å²) in [5.41, 5.74) is 1.88. The average Bonchev–Trinajstić information content (AvgIpc) is 2.61. The molecular formula is C20H17FN2O2. The van der Waals surface area contributed by atoms with Crippen LogP contribution in [0.3, 0.4) is 0 Å². The van der Waals surface area contributed by atoms with Crippen molar-refractivity contribution in [2.75, 3.05) is 6.54 Å². The molecule has 0 radical (unpaired) electrons. The minimum absolute atomic E-state index is 0.242. The fourth-order valence-electron chi connectivity index (χ4n) is 2.49. The monoisotopic (exact) mass is 336 g/mol. The smallest absolute Gasteiger partial charge is 0.255 e. The van der Waals surface area contributed by atoms with Crippen LogP contribution in [0.15, 0.2) is 65.5 Å². The summed E-state index contributed by atoms with van der Waals surface area (Å²) in [6.07, 6.45) is 3.44. The van der Waals surface area contributed by atoms with Gasteiger partial charge in [0.05, 0.1) is 0 Å². The molecule has 0 aliphatic carbocycles. The lowest BCUT2D eigenvalue weighted by Crippen LogP contribution is -2.23. The number of pyridine rings is 1. The van der Waals surface area contributed by atoms with Gasteiger partial charge in [0, 0.05) is 23.7 Å². The SMILES string of the molecule is O=C(/C=C/c1cc2ccccc2[nH]c1=O)NCCc1ccc(F)cc1. The highest BCUT2D eigenvalue weighted by Crippen LogP contribution is 2.10. The Morgan fingerprint density at radius 3 is 2.68 bits per heavy atom. The molecule has 4 nitrogen and oxygen atoms in total. The van der Waals surface area contributed by atoms with Crippen molar-refractivity contribution in [2.24, 2.45) is 0 Å². The average molecular weight is 336 g/mol. The molecule has 0 unspecified atom stereocenters. The van der Waals surface area contributed by atoms with Crippen LogP contribution in [0.5, 0.6) is 0 Å². The van der Waals surface area contributed by atoms with Gasteiger partial charge >= 0.3 is 0 Å². The maximum Gasteiger partial charge on any atom is 0.255 e. The van der Waals surface area contributed by atoms with E-state index in [9.17, 15) is 14.0 Å². The molecule has 2 N–H and O–H groups in total. The molecule has 0 aliphatic rings. The van der Waals surface area contributed by atoms with Crippen LogP contribution >= 0.6 is 0 Å². The number of carbonyl (C=O) groups excluding carboxylic acids is 1. The molecule has 0 bridgehead atoms. The number of amides is 1. The molecule has 0 atom stereocenters. The number of halogens is 1. The van der Waals surface area contributed by atoms with Crippen LogP contribution in [0.2, 0.25) is 0 Å². The molecule has 2 aromatic carbocycles. The minimum atomic E-state index is -0.283. The maximum absolute atomic E-state index is 12.8. The molecule has 3 rings (SSSR count). The Morgan fingerprint density at radius 1 is 1.12 bits per heavy atom. The van der Waals surface area contributed by atoms with E-state index in [1.807, 2.05) is 24.3 Å². The van der Waals surface area contributed by atoms with Crippen molar-refractivity contribution in [3.63, 3.8) is 0 Å². The summed E-state index contributed by atoms with van der Waals surface area (Å²) in [5, 5.41) is 3.64. The maximum atomic E-state index is 12.8. The Bertz CT molecular complexity index is 975. The zero-order chi connectivity index (χ0) is 17.6. The van der Waals surface area contributed by atoms with E-state index in [1.54, 1.807) is 18.2 Å². The van der Waals surface area contributed by atoms with Gasteiger partial charge in [-0.15, -0.1) is 0 Å². The quantitative estimate of drug-likeness (QED) is 0.704. The predicted molar refractivity (Wildman–Crippen MR) is 96.7 cm³/mol. The van der Waals surface area contributed by atoms with Gasteiger partial charge in [-0.3, -0.25) is 9.59 Å². The minimum Gasteiger partial charge on any atom is -0.352 e. The summed E-state index contributed by atoms with van der Waals surface area (Å²) < 4.78 is 12.8. The van der Waals surface area contributed by atoms with E-state index in [-0.39, 0.29) is 17.3 Å². The Labute approximate surface area is 144 Å². The molecule has 0 aliphatic heterocycles. The molecule has 1 amide bonds. The number of aromatic amines is 1. The fourth-order valence-corrected chi connectivity index (χ4v) is 2.49. The first-order valence-corrected chi connectivity index (χ1v) is 7.94. The van der Waals surface area contributed by atoms with Crippen molar-refractivity contribution in [3.05, 3.63) is 88.0 Å². The van der Waals surface area contributed by atoms with Crippen molar-refractivity contribution < 1.29 is 9.18 Å². The van der Waals surface area contributed by atoms with E-state index in [2.05, 4.69) is 10.3 Å². The van der Waals surface area contributed by atoms with Crippen molar-refractivity contribution in [3.8, 4) is 0 Å². The van der Waals surface area contributed by atoms with Crippen LogP contribution in [0, 0.1) is 5.82 Å². The third-order valence-corrected chi connectivity index (χ3v) is 3.82. The van der Waals surface area contributed by atoms with E-state index in [4.69, 9.17) is 0 Å². The fraction of sp³-hybridized carbons (Fsp3) is 0.100. The topological polar surface area (TPSA) is 62.0 Å². The molecule has 0 fully saturated rings. The lowest BCUT2D eigenvalue weighted by molar-refractivity contribution is -0.116.